The number of carbonyl (C=O) groups is 1. The quantitative estimate of drug-likeness (QED) is 0.877. The second kappa shape index (κ2) is 5.44. The Morgan fingerprint density at radius 3 is 3.00 bits per heavy atom. The van der Waals surface area contributed by atoms with Gasteiger partial charge in [-0.1, -0.05) is 18.6 Å². The van der Waals surface area contributed by atoms with Gasteiger partial charge in [-0.25, -0.2) is 0 Å². The standard InChI is InChI=1S/C16H22N2O2/c1-18-8-7-12-9-13(5-6-14(12)18)15(19)10-17-16(20)11-3-2-4-11/h5-6,9,11,15,19H,2-4,7-8,10H2,1H3,(H,17,20). The number of amides is 1. The van der Waals surface area contributed by atoms with Gasteiger partial charge in [0, 0.05) is 31.7 Å². The fourth-order valence-electron chi connectivity index (χ4n) is 2.92. The first-order valence-electron chi connectivity index (χ1n) is 7.45. The summed E-state index contributed by atoms with van der Waals surface area (Å²) in [6, 6.07) is 6.09. The van der Waals surface area contributed by atoms with Crippen molar-refractivity contribution in [3.05, 3.63) is 29.3 Å². The zero-order valence-electron chi connectivity index (χ0n) is 11.9. The summed E-state index contributed by atoms with van der Waals surface area (Å²) < 4.78 is 0. The number of fused-ring (bicyclic) bond motifs is 1. The molecule has 1 aromatic carbocycles. The van der Waals surface area contributed by atoms with Crippen LogP contribution in [0, 0.1) is 5.92 Å². The zero-order chi connectivity index (χ0) is 14.1. The highest BCUT2D eigenvalue weighted by molar-refractivity contribution is 5.79. The van der Waals surface area contributed by atoms with Crippen molar-refractivity contribution in [3.8, 4) is 0 Å². The number of rotatable bonds is 4. The van der Waals surface area contributed by atoms with E-state index in [1.807, 2.05) is 6.07 Å². The van der Waals surface area contributed by atoms with Crippen LogP contribution in [0.3, 0.4) is 0 Å². The first kappa shape index (κ1) is 13.4. The number of likely N-dealkylation sites (N-methyl/N-ethyl adjacent to an activating group) is 1. The van der Waals surface area contributed by atoms with Crippen LogP contribution in [-0.4, -0.2) is 31.2 Å². The van der Waals surface area contributed by atoms with Crippen LogP contribution in [0.25, 0.3) is 0 Å². The fourth-order valence-corrected chi connectivity index (χ4v) is 2.92. The molecular formula is C16H22N2O2. The molecule has 1 amide bonds. The molecule has 1 unspecified atom stereocenters. The highest BCUT2D eigenvalue weighted by Gasteiger charge is 2.25. The second-order valence-corrected chi connectivity index (χ2v) is 5.95. The molecule has 0 radical (unpaired) electrons. The Labute approximate surface area is 119 Å². The number of nitrogens with zero attached hydrogens (tertiary/aromatic N) is 1. The molecule has 1 aromatic rings. The number of nitrogens with one attached hydrogen (secondary N) is 1. The van der Waals surface area contributed by atoms with Gasteiger partial charge in [0.25, 0.3) is 0 Å². The summed E-state index contributed by atoms with van der Waals surface area (Å²) >= 11 is 0. The summed E-state index contributed by atoms with van der Waals surface area (Å²) in [6.07, 6.45) is 3.55. The van der Waals surface area contributed by atoms with Gasteiger partial charge in [-0.3, -0.25) is 4.79 Å². The van der Waals surface area contributed by atoms with E-state index >= 15 is 0 Å². The number of benzene rings is 1. The number of hydrogen-bond donors (Lipinski definition) is 2. The average molecular weight is 274 g/mol. The Hall–Kier alpha value is -1.55. The minimum Gasteiger partial charge on any atom is -0.387 e. The summed E-state index contributed by atoms with van der Waals surface area (Å²) in [4.78, 5) is 14.0. The van der Waals surface area contributed by atoms with Crippen molar-refractivity contribution in [2.24, 2.45) is 5.92 Å². The van der Waals surface area contributed by atoms with Crippen molar-refractivity contribution < 1.29 is 9.90 Å². The molecule has 2 N–H and O–H groups in total. The van der Waals surface area contributed by atoms with Gasteiger partial charge < -0.3 is 15.3 Å². The lowest BCUT2D eigenvalue weighted by atomic mass is 9.85. The molecule has 4 nitrogen and oxygen atoms in total. The number of carbonyl (C=O) groups excluding carboxylic acids is 1. The molecule has 0 spiro atoms. The largest absolute Gasteiger partial charge is 0.387 e. The summed E-state index contributed by atoms with van der Waals surface area (Å²) in [5.41, 5.74) is 3.43. The van der Waals surface area contributed by atoms with Crippen LogP contribution in [0.2, 0.25) is 0 Å². The topological polar surface area (TPSA) is 52.6 Å². The van der Waals surface area contributed by atoms with Crippen LogP contribution in [-0.2, 0) is 11.2 Å². The van der Waals surface area contributed by atoms with Crippen molar-refractivity contribution in [1.29, 1.82) is 0 Å². The maximum absolute atomic E-state index is 11.8. The molecule has 1 saturated carbocycles. The third-order valence-corrected chi connectivity index (χ3v) is 4.56. The maximum atomic E-state index is 11.8. The molecule has 0 saturated heterocycles. The monoisotopic (exact) mass is 274 g/mol. The van der Waals surface area contributed by atoms with Crippen LogP contribution in [0.4, 0.5) is 5.69 Å². The molecular weight excluding hydrogens is 252 g/mol. The van der Waals surface area contributed by atoms with Crippen LogP contribution < -0.4 is 10.2 Å². The third-order valence-electron chi connectivity index (χ3n) is 4.56. The highest BCUT2D eigenvalue weighted by atomic mass is 16.3. The Kier molecular flexibility index (Phi) is 3.66. The lowest BCUT2D eigenvalue weighted by Crippen LogP contribution is -2.36. The average Bonchev–Trinajstić information content (AvgIpc) is 2.75. The van der Waals surface area contributed by atoms with Gasteiger partial charge in [0.1, 0.15) is 0 Å². The molecule has 1 heterocycles. The van der Waals surface area contributed by atoms with E-state index in [2.05, 4.69) is 29.4 Å². The van der Waals surface area contributed by atoms with Crippen LogP contribution in [0.1, 0.15) is 36.5 Å². The van der Waals surface area contributed by atoms with Gasteiger partial charge in [0.2, 0.25) is 5.91 Å². The van der Waals surface area contributed by atoms with Gasteiger partial charge in [-0.2, -0.15) is 0 Å². The van der Waals surface area contributed by atoms with Crippen molar-refractivity contribution in [1.82, 2.24) is 5.32 Å². The van der Waals surface area contributed by atoms with Crippen molar-refractivity contribution >= 4 is 11.6 Å². The molecule has 20 heavy (non-hydrogen) atoms. The Morgan fingerprint density at radius 2 is 2.30 bits per heavy atom. The van der Waals surface area contributed by atoms with E-state index in [0.29, 0.717) is 6.54 Å². The van der Waals surface area contributed by atoms with Crippen molar-refractivity contribution in [2.75, 3.05) is 25.0 Å². The normalized spacial score (nSPS) is 19.4. The van der Waals surface area contributed by atoms with E-state index in [0.717, 1.165) is 37.8 Å². The van der Waals surface area contributed by atoms with E-state index in [4.69, 9.17) is 0 Å². The Balaban J connectivity index is 1.59. The summed E-state index contributed by atoms with van der Waals surface area (Å²) in [5.74, 6) is 0.270. The smallest absolute Gasteiger partial charge is 0.223 e. The molecule has 1 aliphatic heterocycles. The minimum atomic E-state index is -0.616. The molecule has 0 bridgehead atoms. The highest BCUT2D eigenvalue weighted by Crippen LogP contribution is 2.29. The summed E-state index contributed by atoms with van der Waals surface area (Å²) in [5, 5.41) is 13.1. The number of anilines is 1. The van der Waals surface area contributed by atoms with Gasteiger partial charge in [-0.15, -0.1) is 0 Å². The van der Waals surface area contributed by atoms with E-state index < -0.39 is 6.10 Å². The minimum absolute atomic E-state index is 0.0937. The lowest BCUT2D eigenvalue weighted by molar-refractivity contribution is -0.127. The summed E-state index contributed by atoms with van der Waals surface area (Å²) in [6.45, 7) is 1.34. The predicted octanol–water partition coefficient (Wildman–Crippen LogP) is 1.63. The molecule has 3 rings (SSSR count). The van der Waals surface area contributed by atoms with Crippen LogP contribution in [0.15, 0.2) is 18.2 Å². The van der Waals surface area contributed by atoms with Gasteiger partial charge >= 0.3 is 0 Å². The van der Waals surface area contributed by atoms with E-state index in [-0.39, 0.29) is 11.8 Å². The Morgan fingerprint density at radius 1 is 1.50 bits per heavy atom. The van der Waals surface area contributed by atoms with Crippen LogP contribution in [0.5, 0.6) is 0 Å². The maximum Gasteiger partial charge on any atom is 0.223 e. The first-order chi connectivity index (χ1) is 9.65. The van der Waals surface area contributed by atoms with Crippen molar-refractivity contribution in [3.63, 3.8) is 0 Å². The van der Waals surface area contributed by atoms with Gasteiger partial charge in [0.05, 0.1) is 6.10 Å². The molecule has 1 fully saturated rings. The van der Waals surface area contributed by atoms with E-state index in [1.165, 1.54) is 11.3 Å². The fraction of sp³-hybridized carbons (Fsp3) is 0.562. The summed E-state index contributed by atoms with van der Waals surface area (Å²) in [7, 11) is 2.08. The van der Waals surface area contributed by atoms with Crippen LogP contribution >= 0.6 is 0 Å². The molecule has 1 aliphatic carbocycles. The van der Waals surface area contributed by atoms with Gasteiger partial charge in [-0.05, 0) is 36.5 Å². The number of aliphatic hydroxyl groups is 1. The zero-order valence-corrected chi connectivity index (χ0v) is 11.9. The second-order valence-electron chi connectivity index (χ2n) is 5.95. The molecule has 2 aliphatic rings. The van der Waals surface area contributed by atoms with Crippen molar-refractivity contribution in [2.45, 2.75) is 31.8 Å². The predicted molar refractivity (Wildman–Crippen MR) is 78.7 cm³/mol. The van der Waals surface area contributed by atoms with E-state index in [9.17, 15) is 9.90 Å². The molecule has 1 atom stereocenters. The SMILES string of the molecule is CN1CCc2cc(C(O)CNC(=O)C3CCC3)ccc21. The molecule has 4 heteroatoms. The van der Waals surface area contributed by atoms with E-state index in [1.54, 1.807) is 0 Å². The number of hydrogen-bond acceptors (Lipinski definition) is 3. The molecule has 0 aromatic heterocycles. The number of aliphatic hydroxyl groups excluding tert-OH is 1. The Bertz CT molecular complexity index is 511. The molecule has 108 valence electrons. The first-order valence-corrected chi connectivity index (χ1v) is 7.45. The third kappa shape index (κ3) is 2.52. The lowest BCUT2D eigenvalue weighted by Gasteiger charge is -2.24. The van der Waals surface area contributed by atoms with Gasteiger partial charge in [0.15, 0.2) is 0 Å².